The number of carbonyl (C=O) groups is 5. The van der Waals surface area contributed by atoms with Gasteiger partial charge in [0, 0.05) is 43.5 Å². The van der Waals surface area contributed by atoms with Crippen LogP contribution in [-0.4, -0.2) is 73.8 Å². The van der Waals surface area contributed by atoms with Crippen molar-refractivity contribution in [3.05, 3.63) is 47.3 Å². The van der Waals surface area contributed by atoms with E-state index in [0.717, 1.165) is 42.6 Å². The van der Waals surface area contributed by atoms with Crippen molar-refractivity contribution in [2.24, 2.45) is 5.73 Å². The number of benzene rings is 1. The molecule has 2 saturated heterocycles. The number of fused-ring (bicyclic) bond motifs is 1. The van der Waals surface area contributed by atoms with Crippen LogP contribution in [0.15, 0.2) is 30.6 Å². The van der Waals surface area contributed by atoms with Crippen LogP contribution < -0.4 is 16.4 Å². The average Bonchev–Trinajstić information content (AvgIpc) is 3.49. The standard InChI is InChI=1S/C27H31N7O5.ClH/c28-27(9-2-10-27)26(39)32-11-7-17(8-12-32)33-15-16(14-30-33)13-29-19-4-1-3-18-22(19)25(38)34(24(18)37)20-5-6-21(35)31-23(20)36;/h1,3-4,14-15,17,20,29H,2,5-13,28H2,(H,31,35,36);1H. The van der Waals surface area contributed by atoms with Gasteiger partial charge in [-0.1, -0.05) is 6.07 Å². The molecule has 3 fully saturated rings. The Hall–Kier alpha value is -3.77. The van der Waals surface area contributed by atoms with Gasteiger partial charge in [-0.05, 0) is 50.7 Å². The minimum Gasteiger partial charge on any atom is -0.380 e. The summed E-state index contributed by atoms with van der Waals surface area (Å²) >= 11 is 0. The molecule has 1 aromatic heterocycles. The number of hydrogen-bond acceptors (Lipinski definition) is 8. The fraction of sp³-hybridized carbons (Fsp3) is 0.481. The van der Waals surface area contributed by atoms with E-state index in [1.54, 1.807) is 24.4 Å². The Labute approximate surface area is 237 Å². The maximum Gasteiger partial charge on any atom is 0.264 e. The van der Waals surface area contributed by atoms with Gasteiger partial charge in [-0.3, -0.25) is 38.9 Å². The summed E-state index contributed by atoms with van der Waals surface area (Å²) in [6.45, 7) is 1.70. The summed E-state index contributed by atoms with van der Waals surface area (Å²) in [7, 11) is 0. The van der Waals surface area contributed by atoms with E-state index in [9.17, 15) is 24.0 Å². The Morgan fingerprint density at radius 3 is 2.52 bits per heavy atom. The molecule has 3 aliphatic heterocycles. The lowest BCUT2D eigenvalue weighted by molar-refractivity contribution is -0.141. The first-order valence-corrected chi connectivity index (χ1v) is 13.4. The smallest absolute Gasteiger partial charge is 0.264 e. The SMILES string of the molecule is Cl.NC1(C(=O)N2CCC(n3cc(CNc4cccc5c4C(=O)N(C4CCC(=O)NC4=O)C5=O)cn3)CC2)CCC1. The van der Waals surface area contributed by atoms with Crippen molar-refractivity contribution in [2.45, 2.75) is 69.1 Å². The Morgan fingerprint density at radius 2 is 1.85 bits per heavy atom. The van der Waals surface area contributed by atoms with Crippen molar-refractivity contribution in [3.8, 4) is 0 Å². The van der Waals surface area contributed by atoms with Gasteiger partial charge in [0.05, 0.1) is 28.9 Å². The second kappa shape index (κ2) is 10.7. The fourth-order valence-electron chi connectivity index (χ4n) is 5.95. The lowest BCUT2D eigenvalue weighted by Gasteiger charge is -2.42. The van der Waals surface area contributed by atoms with Gasteiger partial charge in [0.25, 0.3) is 11.8 Å². The number of hydrogen-bond donors (Lipinski definition) is 3. The second-order valence-electron chi connectivity index (χ2n) is 10.9. The molecule has 1 aromatic carbocycles. The lowest BCUT2D eigenvalue weighted by atomic mass is 9.76. The zero-order valence-electron chi connectivity index (χ0n) is 21.9. The van der Waals surface area contributed by atoms with Gasteiger partial charge in [-0.2, -0.15) is 5.10 Å². The minimum atomic E-state index is -1.01. The molecule has 1 unspecified atom stereocenters. The number of aromatic nitrogens is 2. The second-order valence-corrected chi connectivity index (χ2v) is 10.9. The molecule has 5 amide bonds. The van der Waals surface area contributed by atoms with Gasteiger partial charge < -0.3 is 16.0 Å². The number of anilines is 1. The van der Waals surface area contributed by atoms with Crippen LogP contribution in [0.2, 0.25) is 0 Å². The van der Waals surface area contributed by atoms with Gasteiger partial charge in [-0.15, -0.1) is 12.4 Å². The van der Waals surface area contributed by atoms with E-state index in [-0.39, 0.29) is 48.3 Å². The van der Waals surface area contributed by atoms with Crippen molar-refractivity contribution in [2.75, 3.05) is 18.4 Å². The van der Waals surface area contributed by atoms with Crippen LogP contribution in [0.3, 0.4) is 0 Å². The Morgan fingerprint density at radius 1 is 1.10 bits per heavy atom. The van der Waals surface area contributed by atoms with Crippen LogP contribution in [0, 0.1) is 0 Å². The van der Waals surface area contributed by atoms with Crippen LogP contribution >= 0.6 is 12.4 Å². The highest BCUT2D eigenvalue weighted by Gasteiger charge is 2.46. The summed E-state index contributed by atoms with van der Waals surface area (Å²) in [5.74, 6) is -2.07. The van der Waals surface area contributed by atoms with Crippen LogP contribution in [-0.2, 0) is 20.9 Å². The number of carbonyl (C=O) groups excluding carboxylic acids is 5. The molecule has 0 radical (unpaired) electrons. The van der Waals surface area contributed by atoms with E-state index in [1.165, 1.54) is 0 Å². The van der Waals surface area contributed by atoms with Gasteiger partial charge >= 0.3 is 0 Å². The van der Waals surface area contributed by atoms with E-state index in [1.807, 2.05) is 15.8 Å². The number of nitrogens with zero attached hydrogens (tertiary/aromatic N) is 4. The average molecular weight is 570 g/mol. The topological polar surface area (TPSA) is 160 Å². The van der Waals surface area contributed by atoms with E-state index >= 15 is 0 Å². The van der Waals surface area contributed by atoms with Crippen molar-refractivity contribution in [3.63, 3.8) is 0 Å². The first-order chi connectivity index (χ1) is 18.7. The summed E-state index contributed by atoms with van der Waals surface area (Å²) in [6, 6.07) is 4.15. The number of amides is 5. The first-order valence-electron chi connectivity index (χ1n) is 13.4. The monoisotopic (exact) mass is 569 g/mol. The number of nitrogens with two attached hydrogens (primary N) is 1. The zero-order valence-corrected chi connectivity index (χ0v) is 22.7. The molecule has 6 rings (SSSR count). The quantitative estimate of drug-likeness (QED) is 0.440. The lowest BCUT2D eigenvalue weighted by Crippen LogP contribution is -2.60. The van der Waals surface area contributed by atoms with Crippen LogP contribution in [0.5, 0.6) is 0 Å². The maximum absolute atomic E-state index is 13.3. The normalized spacial score (nSPS) is 22.4. The van der Waals surface area contributed by atoms with Gasteiger partial charge in [0.2, 0.25) is 17.7 Å². The van der Waals surface area contributed by atoms with Crippen molar-refractivity contribution in [1.82, 2.24) is 24.9 Å². The molecule has 4 N–H and O–H groups in total. The molecule has 1 atom stereocenters. The van der Waals surface area contributed by atoms with Crippen molar-refractivity contribution in [1.29, 1.82) is 0 Å². The van der Waals surface area contributed by atoms with Crippen LogP contribution in [0.4, 0.5) is 5.69 Å². The minimum absolute atomic E-state index is 0. The fourth-order valence-corrected chi connectivity index (χ4v) is 5.95. The molecule has 12 nitrogen and oxygen atoms in total. The van der Waals surface area contributed by atoms with Crippen molar-refractivity contribution < 1.29 is 24.0 Å². The third-order valence-electron chi connectivity index (χ3n) is 8.40. The molecular weight excluding hydrogens is 538 g/mol. The van der Waals surface area contributed by atoms with Crippen LogP contribution in [0.25, 0.3) is 0 Å². The Kier molecular flexibility index (Phi) is 7.40. The Balaban J connectivity index is 0.00000323. The highest BCUT2D eigenvalue weighted by Crippen LogP contribution is 2.34. The number of piperidine rings is 2. The van der Waals surface area contributed by atoms with Gasteiger partial charge in [0.15, 0.2) is 0 Å². The largest absolute Gasteiger partial charge is 0.380 e. The molecule has 4 heterocycles. The van der Waals surface area contributed by atoms with E-state index < -0.39 is 35.2 Å². The maximum atomic E-state index is 13.3. The molecule has 0 spiro atoms. The molecular formula is C27H32ClN7O5. The zero-order chi connectivity index (χ0) is 27.3. The van der Waals surface area contributed by atoms with Gasteiger partial charge in [0.1, 0.15) is 6.04 Å². The number of likely N-dealkylation sites (tertiary alicyclic amines) is 1. The summed E-state index contributed by atoms with van der Waals surface area (Å²) in [5, 5.41) is 9.99. The van der Waals surface area contributed by atoms with Crippen molar-refractivity contribution >= 4 is 47.6 Å². The molecule has 0 bridgehead atoms. The van der Waals surface area contributed by atoms with E-state index in [0.29, 0.717) is 25.3 Å². The number of halogens is 1. The number of imide groups is 2. The Bertz CT molecular complexity index is 1380. The molecule has 1 aliphatic carbocycles. The molecule has 4 aliphatic rings. The predicted octanol–water partition coefficient (Wildman–Crippen LogP) is 1.36. The molecule has 13 heteroatoms. The number of nitrogens with one attached hydrogen (secondary N) is 2. The van der Waals surface area contributed by atoms with Crippen LogP contribution in [0.1, 0.15) is 77.3 Å². The molecule has 40 heavy (non-hydrogen) atoms. The summed E-state index contributed by atoms with van der Waals surface area (Å²) < 4.78 is 1.93. The number of rotatable bonds is 6. The summed E-state index contributed by atoms with van der Waals surface area (Å²) in [5.41, 5.74) is 7.41. The highest BCUT2D eigenvalue weighted by molar-refractivity contribution is 6.25. The molecule has 2 aromatic rings. The highest BCUT2D eigenvalue weighted by atomic mass is 35.5. The first kappa shape index (κ1) is 27.8. The van der Waals surface area contributed by atoms with Gasteiger partial charge in [-0.25, -0.2) is 0 Å². The van der Waals surface area contributed by atoms with E-state index in [2.05, 4.69) is 15.7 Å². The third kappa shape index (κ3) is 4.75. The summed E-state index contributed by atoms with van der Waals surface area (Å²) in [6.07, 6.45) is 8.04. The molecule has 1 saturated carbocycles. The van der Waals surface area contributed by atoms with E-state index in [4.69, 9.17) is 5.73 Å². The summed E-state index contributed by atoms with van der Waals surface area (Å²) in [4.78, 5) is 65.8. The third-order valence-corrected chi connectivity index (χ3v) is 8.40. The molecule has 212 valence electrons. The predicted molar refractivity (Wildman–Crippen MR) is 146 cm³/mol.